The van der Waals surface area contributed by atoms with Gasteiger partial charge in [-0.15, -0.1) is 0 Å². The molecular weight excluding hydrogens is 372 g/mol. The molecule has 0 amide bonds. The Morgan fingerprint density at radius 2 is 1.69 bits per heavy atom. The van der Waals surface area contributed by atoms with E-state index in [0.29, 0.717) is 35.8 Å². The molecule has 0 aromatic carbocycles. The van der Waals surface area contributed by atoms with Gasteiger partial charge in [0.15, 0.2) is 11.6 Å². The number of nitrogens with zero attached hydrogens (tertiary/aromatic N) is 4. The normalized spacial score (nSPS) is 17.3. The van der Waals surface area contributed by atoms with Crippen molar-refractivity contribution in [2.24, 2.45) is 5.92 Å². The lowest BCUT2D eigenvalue weighted by atomic mass is 10.1. The van der Waals surface area contributed by atoms with E-state index < -0.39 is 0 Å². The molecule has 1 aliphatic heterocycles. The molecule has 3 aromatic rings. The van der Waals surface area contributed by atoms with Crippen LogP contribution in [0.5, 0.6) is 0 Å². The number of furan rings is 1. The van der Waals surface area contributed by atoms with E-state index in [2.05, 4.69) is 41.1 Å². The van der Waals surface area contributed by atoms with Gasteiger partial charge in [0.2, 0.25) is 5.89 Å². The first-order valence-corrected chi connectivity index (χ1v) is 10.2. The smallest absolute Gasteiger partial charge is 0.255 e. The van der Waals surface area contributed by atoms with Crippen LogP contribution in [0.2, 0.25) is 0 Å². The quantitative estimate of drug-likeness (QED) is 0.563. The van der Waals surface area contributed by atoms with Crippen molar-refractivity contribution < 1.29 is 18.2 Å². The first-order valence-electron chi connectivity index (χ1n) is 10.2. The number of aryl methyl sites for hydroxylation is 2. The van der Waals surface area contributed by atoms with Gasteiger partial charge in [-0.1, -0.05) is 51.4 Å². The molecule has 4 rings (SSSR count). The summed E-state index contributed by atoms with van der Waals surface area (Å²) in [5.41, 5.74) is 0. The lowest BCUT2D eigenvalue weighted by molar-refractivity contribution is 0.0811. The fourth-order valence-electron chi connectivity index (χ4n) is 2.37. The van der Waals surface area contributed by atoms with E-state index in [-0.39, 0.29) is 6.10 Å². The molecule has 1 fully saturated rings. The molecule has 0 N–H and O–H groups in total. The Bertz CT molecular complexity index is 767. The molecule has 0 saturated carbocycles. The number of hydrogen-bond acceptors (Lipinski definition) is 8. The molecule has 1 aliphatic rings. The summed E-state index contributed by atoms with van der Waals surface area (Å²) in [7, 11) is 0. The molecule has 3 aromatic heterocycles. The first-order chi connectivity index (χ1) is 14.0. The molecule has 0 radical (unpaired) electrons. The molecule has 0 bridgehead atoms. The van der Waals surface area contributed by atoms with Crippen molar-refractivity contribution in [3.05, 3.63) is 47.6 Å². The predicted octanol–water partition coefficient (Wildman–Crippen LogP) is 5.48. The van der Waals surface area contributed by atoms with E-state index in [0.717, 1.165) is 18.8 Å². The van der Waals surface area contributed by atoms with Gasteiger partial charge < -0.3 is 18.2 Å². The third-order valence-corrected chi connectivity index (χ3v) is 3.49. The largest absolute Gasteiger partial charge is 0.469 e. The molecular formula is C21H34N4O4. The Morgan fingerprint density at radius 1 is 1.03 bits per heavy atom. The number of hydrogen-bond donors (Lipinski definition) is 0. The number of rotatable bonds is 3. The van der Waals surface area contributed by atoms with Crippen LogP contribution < -0.4 is 0 Å². The molecule has 0 spiro atoms. The minimum Gasteiger partial charge on any atom is -0.469 e. The van der Waals surface area contributed by atoms with Crippen LogP contribution in [-0.4, -0.2) is 26.9 Å². The van der Waals surface area contributed by atoms with Gasteiger partial charge in [-0.05, 0) is 38.3 Å². The highest BCUT2D eigenvalue weighted by molar-refractivity contribution is 5.04. The van der Waals surface area contributed by atoms with Gasteiger partial charge in [0.25, 0.3) is 5.89 Å². The van der Waals surface area contributed by atoms with Crippen LogP contribution in [0.15, 0.2) is 31.9 Å². The summed E-state index contributed by atoms with van der Waals surface area (Å²) in [4.78, 5) is 8.17. The van der Waals surface area contributed by atoms with E-state index in [1.807, 2.05) is 32.9 Å². The Kier molecular flexibility index (Phi) is 11.6. The SMILES string of the molecule is CC.CCC.Cc1noc(C2CC(C)CO2)n1.Cc1noc(Cc2ccco2)n1. The zero-order chi connectivity index (χ0) is 21.6. The third-order valence-electron chi connectivity index (χ3n) is 3.49. The van der Waals surface area contributed by atoms with Gasteiger partial charge >= 0.3 is 0 Å². The Hall–Kier alpha value is -2.48. The maximum absolute atomic E-state index is 5.47. The summed E-state index contributed by atoms with van der Waals surface area (Å²) >= 11 is 0. The van der Waals surface area contributed by atoms with Gasteiger partial charge in [-0.2, -0.15) is 9.97 Å². The van der Waals surface area contributed by atoms with Gasteiger partial charge in [-0.25, -0.2) is 0 Å². The van der Waals surface area contributed by atoms with Gasteiger partial charge in [0.05, 0.1) is 19.3 Å². The third kappa shape index (κ3) is 9.04. The summed E-state index contributed by atoms with van der Waals surface area (Å²) < 4.78 is 20.5. The van der Waals surface area contributed by atoms with Crippen molar-refractivity contribution in [3.8, 4) is 0 Å². The predicted molar refractivity (Wildman–Crippen MR) is 109 cm³/mol. The van der Waals surface area contributed by atoms with Gasteiger partial charge in [0, 0.05) is 0 Å². The van der Waals surface area contributed by atoms with E-state index in [1.54, 1.807) is 13.2 Å². The van der Waals surface area contributed by atoms with Crippen molar-refractivity contribution in [3.63, 3.8) is 0 Å². The maximum Gasteiger partial charge on any atom is 0.255 e. The molecule has 1 saturated heterocycles. The minimum absolute atomic E-state index is 0.0289. The van der Waals surface area contributed by atoms with Crippen LogP contribution in [0.25, 0.3) is 0 Å². The van der Waals surface area contributed by atoms with Gasteiger partial charge in [-0.3, -0.25) is 0 Å². The second kappa shape index (κ2) is 13.7. The topological polar surface area (TPSA) is 100 Å². The van der Waals surface area contributed by atoms with Crippen molar-refractivity contribution >= 4 is 0 Å². The van der Waals surface area contributed by atoms with Crippen molar-refractivity contribution in [2.75, 3.05) is 6.61 Å². The second-order valence-electron chi connectivity index (χ2n) is 6.54. The van der Waals surface area contributed by atoms with Crippen LogP contribution >= 0.6 is 0 Å². The Balaban J connectivity index is 0.000000238. The molecule has 2 unspecified atom stereocenters. The highest BCUT2D eigenvalue weighted by Gasteiger charge is 2.27. The van der Waals surface area contributed by atoms with Crippen LogP contribution in [0, 0.1) is 19.8 Å². The number of aromatic nitrogens is 4. The lowest BCUT2D eigenvalue weighted by Gasteiger charge is -2.00. The zero-order valence-electron chi connectivity index (χ0n) is 18.6. The fourth-order valence-corrected chi connectivity index (χ4v) is 2.37. The summed E-state index contributed by atoms with van der Waals surface area (Å²) in [6.45, 7) is 14.8. The van der Waals surface area contributed by atoms with Crippen LogP contribution in [0.3, 0.4) is 0 Å². The first kappa shape index (κ1) is 24.6. The average Bonchev–Trinajstić information content (AvgIpc) is 3.49. The highest BCUT2D eigenvalue weighted by Crippen LogP contribution is 2.30. The summed E-state index contributed by atoms with van der Waals surface area (Å²) in [5, 5.41) is 7.39. The summed E-state index contributed by atoms with van der Waals surface area (Å²) in [6, 6.07) is 3.71. The maximum atomic E-state index is 5.47. The molecule has 8 heteroatoms. The van der Waals surface area contributed by atoms with E-state index >= 15 is 0 Å². The molecule has 0 aliphatic carbocycles. The van der Waals surface area contributed by atoms with Crippen LogP contribution in [-0.2, 0) is 11.2 Å². The van der Waals surface area contributed by atoms with Crippen LogP contribution in [0.4, 0.5) is 0 Å². The van der Waals surface area contributed by atoms with Crippen molar-refractivity contribution in [1.82, 2.24) is 20.3 Å². The molecule has 29 heavy (non-hydrogen) atoms. The molecule has 2 atom stereocenters. The minimum atomic E-state index is 0.0289. The standard InChI is InChI=1S/C8H12N2O2.C8H8N2O2.C3H8.C2H6/c1-5-3-7(11-4-5)8-9-6(2)10-12-8;1-6-9-8(12-10-6)5-7-3-2-4-11-7;1-3-2;1-2/h5,7H,3-4H2,1-2H3;2-4H,5H2,1H3;3H2,1-2H3;1-2H3. The van der Waals surface area contributed by atoms with E-state index in [4.69, 9.17) is 18.2 Å². The number of ether oxygens (including phenoxy) is 1. The fraction of sp³-hybridized carbons (Fsp3) is 0.619. The molecule has 162 valence electrons. The Labute approximate surface area is 173 Å². The highest BCUT2D eigenvalue weighted by atomic mass is 16.5. The lowest BCUT2D eigenvalue weighted by Crippen LogP contribution is -1.95. The van der Waals surface area contributed by atoms with E-state index in [1.165, 1.54) is 6.42 Å². The molecule has 4 heterocycles. The Morgan fingerprint density at radius 3 is 2.14 bits per heavy atom. The second-order valence-corrected chi connectivity index (χ2v) is 6.54. The van der Waals surface area contributed by atoms with E-state index in [9.17, 15) is 0 Å². The molecule has 8 nitrogen and oxygen atoms in total. The summed E-state index contributed by atoms with van der Waals surface area (Å²) in [6.07, 6.45) is 4.45. The van der Waals surface area contributed by atoms with Crippen molar-refractivity contribution in [2.45, 2.75) is 73.8 Å². The zero-order valence-corrected chi connectivity index (χ0v) is 18.6. The van der Waals surface area contributed by atoms with Gasteiger partial charge in [0.1, 0.15) is 11.9 Å². The summed E-state index contributed by atoms with van der Waals surface area (Å²) in [5.74, 6) is 3.96. The van der Waals surface area contributed by atoms with Crippen molar-refractivity contribution in [1.29, 1.82) is 0 Å². The monoisotopic (exact) mass is 406 g/mol. The van der Waals surface area contributed by atoms with Crippen LogP contribution in [0.1, 0.15) is 82.8 Å². The average molecular weight is 407 g/mol.